The van der Waals surface area contributed by atoms with Gasteiger partial charge in [0.05, 0.1) is 24.5 Å². The highest BCUT2D eigenvalue weighted by Crippen LogP contribution is 2.30. The fraction of sp³-hybridized carbons (Fsp3) is 0.650. The fourth-order valence-corrected chi connectivity index (χ4v) is 4.23. The van der Waals surface area contributed by atoms with E-state index in [4.69, 9.17) is 15.7 Å². The van der Waals surface area contributed by atoms with E-state index in [0.717, 1.165) is 25.7 Å². The molecule has 10 heteroatoms. The van der Waals surface area contributed by atoms with E-state index in [1.165, 1.54) is 6.20 Å². The molecule has 2 heterocycles. The number of carbonyl (C=O) groups is 1. The Morgan fingerprint density at radius 3 is 2.97 bits per heavy atom. The highest BCUT2D eigenvalue weighted by Gasteiger charge is 2.40. The van der Waals surface area contributed by atoms with Gasteiger partial charge in [0.1, 0.15) is 17.4 Å². The number of nitrogens with zero attached hydrogens (tertiary/aromatic N) is 4. The number of rotatable bonds is 8. The van der Waals surface area contributed by atoms with Crippen LogP contribution in [0.15, 0.2) is 23.6 Å². The molecule has 4 unspecified atom stereocenters. The largest absolute Gasteiger partial charge is 0.488 e. The van der Waals surface area contributed by atoms with E-state index in [2.05, 4.69) is 26.9 Å². The van der Waals surface area contributed by atoms with Crippen LogP contribution in [0.4, 0.5) is 5.69 Å². The predicted molar refractivity (Wildman–Crippen MR) is 111 cm³/mol. The molecule has 1 saturated heterocycles. The number of anilines is 1. The van der Waals surface area contributed by atoms with Crippen LogP contribution in [-0.2, 0) is 4.79 Å². The van der Waals surface area contributed by atoms with Gasteiger partial charge in [-0.05, 0) is 38.6 Å². The van der Waals surface area contributed by atoms with Crippen molar-refractivity contribution in [2.75, 3.05) is 25.5 Å². The van der Waals surface area contributed by atoms with Crippen LogP contribution >= 0.6 is 0 Å². The van der Waals surface area contributed by atoms with Gasteiger partial charge in [-0.2, -0.15) is 5.26 Å². The molecule has 0 aromatic carbocycles. The van der Waals surface area contributed by atoms with Gasteiger partial charge < -0.3 is 21.1 Å². The molecule has 1 aromatic rings. The summed E-state index contributed by atoms with van der Waals surface area (Å²) >= 11 is 0. The summed E-state index contributed by atoms with van der Waals surface area (Å²) in [6.07, 6.45) is 6.20. The van der Waals surface area contributed by atoms with Crippen molar-refractivity contribution in [1.82, 2.24) is 15.2 Å². The minimum absolute atomic E-state index is 0.126. The van der Waals surface area contributed by atoms with E-state index in [1.807, 2.05) is 11.9 Å². The summed E-state index contributed by atoms with van der Waals surface area (Å²) in [5.41, 5.74) is 6.37. The minimum atomic E-state index is -1.23. The molecule has 2 fully saturated rings. The molecule has 162 valence electrons. The number of hydrogen-bond donors (Lipinski definition) is 3. The maximum atomic E-state index is 13.2. The Kier molecular flexibility index (Phi) is 7.68. The zero-order valence-corrected chi connectivity index (χ0v) is 17.2. The highest BCUT2D eigenvalue weighted by atomic mass is 16.5. The average molecular weight is 415 g/mol. The normalized spacial score (nSPS) is 24.6. The Balaban J connectivity index is 1.74. The zero-order valence-electron chi connectivity index (χ0n) is 17.2. The third-order valence-electron chi connectivity index (χ3n) is 5.78. The summed E-state index contributed by atoms with van der Waals surface area (Å²) in [4.78, 5) is 30.4. The van der Waals surface area contributed by atoms with Crippen LogP contribution in [0.1, 0.15) is 32.1 Å². The lowest BCUT2D eigenvalue weighted by Gasteiger charge is -2.41. The number of nitrogens with one attached hydrogen (secondary N) is 2. The number of pyridine rings is 1. The van der Waals surface area contributed by atoms with Gasteiger partial charge in [-0.3, -0.25) is 14.7 Å². The number of nitriles is 1. The second-order valence-electron chi connectivity index (χ2n) is 8.03. The Bertz CT molecular complexity index is 778. The standard InChI is InChI=1S/C20H29N7O3/c1-27-12-13(6-8-21)10-24-19(27)17(18(22)26-29)20(28)25-15-11-23-9-7-16(15)30-14-4-2-3-5-14/h7,9,11,13-14,17-19,24H,2-6,10,12,22H2,1H3,(H,25,28). The molecule has 10 nitrogen and oxygen atoms in total. The molecule has 1 saturated carbocycles. The maximum Gasteiger partial charge on any atom is 0.234 e. The maximum absolute atomic E-state index is 13.2. The molecule has 0 bridgehead atoms. The van der Waals surface area contributed by atoms with Gasteiger partial charge in [0.2, 0.25) is 5.91 Å². The van der Waals surface area contributed by atoms with E-state index < -0.39 is 24.2 Å². The highest BCUT2D eigenvalue weighted by molar-refractivity contribution is 5.94. The van der Waals surface area contributed by atoms with E-state index in [-0.39, 0.29) is 12.0 Å². The third kappa shape index (κ3) is 5.30. The number of carbonyl (C=O) groups excluding carboxylic acids is 1. The molecule has 1 aliphatic carbocycles. The Hall–Kier alpha value is -2.61. The van der Waals surface area contributed by atoms with Crippen molar-refractivity contribution in [3.05, 3.63) is 23.4 Å². The average Bonchev–Trinajstić information content (AvgIpc) is 3.24. The molecule has 2 aliphatic rings. The molecule has 4 N–H and O–H groups in total. The SMILES string of the molecule is CN1CC(CC#N)CNC1C(C(=O)Nc1cnccc1OC1CCCC1)C(N)N=O. The molecular formula is C20H29N7O3. The van der Waals surface area contributed by atoms with Crippen LogP contribution in [0.5, 0.6) is 5.75 Å². The number of ether oxygens (including phenoxy) is 1. The number of nitroso groups, excluding NO2 is 1. The van der Waals surface area contributed by atoms with E-state index in [1.54, 1.807) is 12.3 Å². The third-order valence-corrected chi connectivity index (χ3v) is 5.78. The van der Waals surface area contributed by atoms with Gasteiger partial charge in [-0.15, -0.1) is 4.91 Å². The monoisotopic (exact) mass is 415 g/mol. The van der Waals surface area contributed by atoms with Crippen LogP contribution < -0.4 is 21.1 Å². The number of amides is 1. The predicted octanol–water partition coefficient (Wildman–Crippen LogP) is 1.40. The quantitative estimate of drug-likeness (QED) is 0.540. The van der Waals surface area contributed by atoms with Crippen LogP contribution in [0, 0.1) is 28.1 Å². The first-order valence-corrected chi connectivity index (χ1v) is 10.3. The number of aromatic nitrogens is 1. The van der Waals surface area contributed by atoms with Crippen molar-refractivity contribution in [1.29, 1.82) is 5.26 Å². The topological polar surface area (TPSA) is 146 Å². The molecule has 0 radical (unpaired) electrons. The van der Waals surface area contributed by atoms with Gasteiger partial charge in [0.25, 0.3) is 0 Å². The molecule has 1 aliphatic heterocycles. The first-order chi connectivity index (χ1) is 14.5. The first-order valence-electron chi connectivity index (χ1n) is 10.3. The molecule has 0 spiro atoms. The van der Waals surface area contributed by atoms with Crippen molar-refractivity contribution in [3.8, 4) is 11.8 Å². The molecule has 4 atom stereocenters. The summed E-state index contributed by atoms with van der Waals surface area (Å²) < 4.78 is 6.05. The van der Waals surface area contributed by atoms with Crippen LogP contribution in [-0.4, -0.2) is 54.4 Å². The number of nitrogens with two attached hydrogens (primary N) is 1. The van der Waals surface area contributed by atoms with Crippen LogP contribution in [0.3, 0.4) is 0 Å². The fourth-order valence-electron chi connectivity index (χ4n) is 4.23. The molecular weight excluding hydrogens is 386 g/mol. The Labute approximate surface area is 176 Å². The van der Waals surface area contributed by atoms with Crippen molar-refractivity contribution >= 4 is 11.6 Å². The molecule has 1 aromatic heterocycles. The van der Waals surface area contributed by atoms with Crippen LogP contribution in [0.2, 0.25) is 0 Å². The summed E-state index contributed by atoms with van der Waals surface area (Å²) in [5, 5.41) is 17.9. The van der Waals surface area contributed by atoms with Crippen molar-refractivity contribution in [2.45, 2.75) is 50.5 Å². The van der Waals surface area contributed by atoms with Gasteiger partial charge in [-0.25, -0.2) is 0 Å². The lowest BCUT2D eigenvalue weighted by molar-refractivity contribution is -0.124. The summed E-state index contributed by atoms with van der Waals surface area (Å²) in [6.45, 7) is 1.17. The van der Waals surface area contributed by atoms with Gasteiger partial charge in [-0.1, -0.05) is 5.18 Å². The summed E-state index contributed by atoms with van der Waals surface area (Å²) in [7, 11) is 1.83. The van der Waals surface area contributed by atoms with Crippen molar-refractivity contribution in [2.24, 2.45) is 22.7 Å². The lowest BCUT2D eigenvalue weighted by Crippen LogP contribution is -2.62. The first kappa shape index (κ1) is 22.1. The van der Waals surface area contributed by atoms with E-state index in [0.29, 0.717) is 30.9 Å². The van der Waals surface area contributed by atoms with Crippen LogP contribution in [0.25, 0.3) is 0 Å². The summed E-state index contributed by atoms with van der Waals surface area (Å²) in [5.74, 6) is -0.662. The lowest BCUT2D eigenvalue weighted by atomic mass is 9.95. The van der Waals surface area contributed by atoms with Gasteiger partial charge in [0.15, 0.2) is 6.17 Å². The van der Waals surface area contributed by atoms with E-state index in [9.17, 15) is 9.70 Å². The van der Waals surface area contributed by atoms with Crippen molar-refractivity contribution < 1.29 is 9.53 Å². The van der Waals surface area contributed by atoms with Gasteiger partial charge >= 0.3 is 0 Å². The Morgan fingerprint density at radius 1 is 1.53 bits per heavy atom. The van der Waals surface area contributed by atoms with Gasteiger partial charge in [0, 0.05) is 31.8 Å². The second kappa shape index (κ2) is 10.4. The van der Waals surface area contributed by atoms with E-state index >= 15 is 0 Å². The summed E-state index contributed by atoms with van der Waals surface area (Å²) in [6, 6.07) is 3.89. The minimum Gasteiger partial charge on any atom is -0.488 e. The van der Waals surface area contributed by atoms with Crippen molar-refractivity contribution in [3.63, 3.8) is 0 Å². The molecule has 30 heavy (non-hydrogen) atoms. The zero-order chi connectivity index (χ0) is 21.5. The Morgan fingerprint density at radius 2 is 2.30 bits per heavy atom. The molecule has 1 amide bonds. The molecule has 3 rings (SSSR count). The number of hydrogen-bond acceptors (Lipinski definition) is 9. The second-order valence-corrected chi connectivity index (χ2v) is 8.03. The smallest absolute Gasteiger partial charge is 0.234 e.